The smallest absolute Gasteiger partial charge is 0.489 e. The second-order valence-corrected chi connectivity index (χ2v) is 12.3. The summed E-state index contributed by atoms with van der Waals surface area (Å²) in [6.45, 7) is 7.89. The summed E-state index contributed by atoms with van der Waals surface area (Å²) in [5.74, 6) is 0.856. The third-order valence-corrected chi connectivity index (χ3v) is 6.70. The minimum atomic E-state index is -4.94. The summed E-state index contributed by atoms with van der Waals surface area (Å²) in [5, 5.41) is 1.24. The monoisotopic (exact) mass is 958 g/mol. The molecule has 0 spiro atoms. The molecule has 3 aromatic rings. The van der Waals surface area contributed by atoms with E-state index in [0.717, 1.165) is 30.1 Å². The first kappa shape index (κ1) is 58.1. The first-order valence-corrected chi connectivity index (χ1v) is 17.9. The Balaban J connectivity index is -0.000000516. The molecule has 6 N–H and O–H groups in total. The number of rotatable bonds is 3. The van der Waals surface area contributed by atoms with Crippen molar-refractivity contribution in [1.29, 1.82) is 0 Å². The van der Waals surface area contributed by atoms with Crippen LogP contribution in [0.1, 0.15) is 17.5 Å². The summed E-state index contributed by atoms with van der Waals surface area (Å²) in [7, 11) is -12.8. The van der Waals surface area contributed by atoms with E-state index in [4.69, 9.17) is 74.9 Å². The van der Waals surface area contributed by atoms with Gasteiger partial charge in [-0.1, -0.05) is 29.5 Å². The van der Waals surface area contributed by atoms with Crippen molar-refractivity contribution in [3.63, 3.8) is 0 Å². The second kappa shape index (κ2) is 29.6. The van der Waals surface area contributed by atoms with E-state index in [1.807, 2.05) is 11.3 Å². The summed E-state index contributed by atoms with van der Waals surface area (Å²) in [6, 6.07) is 14.9. The maximum absolute atomic E-state index is 8.49. The van der Waals surface area contributed by atoms with Gasteiger partial charge < -0.3 is 40.3 Å². The standard InChI is InChI=1S/C26H33N2O4S.Ba.3ClHO4.3H2O/c1-3-28-23-6-4-5-7-25(23)33-26(28)11-9-21-8-10-22-24(20-21)32-19-18-31-17-16-30-15-14-29-13-12-27(22)2;;3*2-1(3,4)5;;;/h4-11,20H,3,12-19H2,1-2H3;;3*(H,2,3,4,5);3*1H2/q+1;+2;;;;;;/p-3. The zero-order chi connectivity index (χ0) is 36.4. The van der Waals surface area contributed by atoms with Gasteiger partial charge in [-0.25, -0.2) is 55.9 Å². The normalized spacial score (nSPS) is 14.2. The molecule has 21 nitrogen and oxygen atoms in total. The van der Waals surface area contributed by atoms with Crippen LogP contribution in [0.5, 0.6) is 5.75 Å². The van der Waals surface area contributed by atoms with Gasteiger partial charge in [0.25, 0.3) is 5.01 Å². The van der Waals surface area contributed by atoms with Crippen LogP contribution < -0.4 is 70.1 Å². The second-order valence-electron chi connectivity index (χ2n) is 8.95. The topological polar surface area (TPSA) is 415 Å². The Hall–Kier alpha value is -0.609. The molecule has 0 saturated heterocycles. The molecule has 0 unspecified atom stereocenters. The van der Waals surface area contributed by atoms with Crippen LogP contribution in [0.15, 0.2) is 42.5 Å². The third kappa shape index (κ3) is 30.7. The zero-order valence-electron chi connectivity index (χ0n) is 27.7. The van der Waals surface area contributed by atoms with Crippen LogP contribution in [-0.4, -0.2) is 125 Å². The molecular formula is C26H39BaCl3N2O19S. The molecule has 0 aliphatic carbocycles. The van der Waals surface area contributed by atoms with Crippen molar-refractivity contribution in [1.82, 2.24) is 0 Å². The molecular weight excluding hydrogens is 920 g/mol. The maximum atomic E-state index is 8.49. The number of aryl methyl sites for hydroxylation is 1. The van der Waals surface area contributed by atoms with Crippen LogP contribution in [-0.2, 0) is 20.8 Å². The molecule has 2 aromatic carbocycles. The Morgan fingerprint density at radius 1 is 0.692 bits per heavy atom. The van der Waals surface area contributed by atoms with Gasteiger partial charge in [0.1, 0.15) is 23.6 Å². The number of benzene rings is 2. The molecule has 296 valence electrons. The molecule has 0 fully saturated rings. The number of thiazole rings is 1. The molecule has 0 radical (unpaired) electrons. The fraction of sp³-hybridized carbons (Fsp3) is 0.423. The van der Waals surface area contributed by atoms with Gasteiger partial charge in [0, 0.05) is 25.7 Å². The van der Waals surface area contributed by atoms with Crippen molar-refractivity contribution in [2.24, 2.45) is 0 Å². The molecule has 4 rings (SSSR count). The van der Waals surface area contributed by atoms with Gasteiger partial charge in [0.2, 0.25) is 5.52 Å². The van der Waals surface area contributed by atoms with E-state index in [1.54, 1.807) is 0 Å². The first-order chi connectivity index (χ1) is 22.3. The van der Waals surface area contributed by atoms with E-state index in [1.165, 1.54) is 15.2 Å². The summed E-state index contributed by atoms with van der Waals surface area (Å²) in [5.41, 5.74) is 3.43. The number of nitrogens with zero attached hydrogens (tertiary/aromatic N) is 2. The summed E-state index contributed by atoms with van der Waals surface area (Å²) < 4.78 is 129. The minimum Gasteiger partial charge on any atom is -0.489 e. The van der Waals surface area contributed by atoms with E-state index in [9.17, 15) is 0 Å². The number of aromatic nitrogens is 1. The number of anilines is 1. The molecule has 0 bridgehead atoms. The van der Waals surface area contributed by atoms with Gasteiger partial charge in [0.05, 0.1) is 45.3 Å². The van der Waals surface area contributed by atoms with E-state index >= 15 is 0 Å². The van der Waals surface area contributed by atoms with Gasteiger partial charge in [-0.05, 0) is 36.8 Å². The van der Waals surface area contributed by atoms with Crippen molar-refractivity contribution in [2.45, 2.75) is 13.5 Å². The van der Waals surface area contributed by atoms with E-state index in [2.05, 4.69) is 78.1 Å². The number of hydrogen-bond acceptors (Lipinski definition) is 18. The molecule has 1 aliphatic rings. The van der Waals surface area contributed by atoms with Gasteiger partial charge in [0.15, 0.2) is 0 Å². The number of hydrogen-bond donors (Lipinski definition) is 0. The van der Waals surface area contributed by atoms with Gasteiger partial charge in [-0.3, -0.25) is 0 Å². The van der Waals surface area contributed by atoms with Crippen molar-refractivity contribution in [2.75, 3.05) is 64.7 Å². The predicted octanol–water partition coefficient (Wildman–Crippen LogP) is -12.9. The van der Waals surface area contributed by atoms with E-state index < -0.39 is 30.7 Å². The predicted molar refractivity (Wildman–Crippen MR) is 151 cm³/mol. The average molecular weight is 959 g/mol. The maximum Gasteiger partial charge on any atom is 2.00 e. The number of halogens is 3. The Morgan fingerprint density at radius 3 is 1.65 bits per heavy atom. The fourth-order valence-electron chi connectivity index (χ4n) is 3.81. The van der Waals surface area contributed by atoms with Crippen LogP contribution in [0.2, 0.25) is 0 Å². The Bertz CT molecular complexity index is 1330. The van der Waals surface area contributed by atoms with Crippen molar-refractivity contribution in [3.8, 4) is 5.75 Å². The van der Waals surface area contributed by atoms with E-state index in [-0.39, 0.29) is 65.3 Å². The van der Waals surface area contributed by atoms with Gasteiger partial charge >= 0.3 is 48.9 Å². The van der Waals surface area contributed by atoms with Gasteiger partial charge in [-0.15, -0.1) is 30.7 Å². The van der Waals surface area contributed by atoms with Gasteiger partial charge in [-0.2, -0.15) is 4.57 Å². The van der Waals surface area contributed by atoms with Crippen molar-refractivity contribution in [3.05, 3.63) is 53.0 Å². The minimum absolute atomic E-state index is 0. The van der Waals surface area contributed by atoms with Crippen LogP contribution in [0, 0.1) is 30.7 Å². The quantitative estimate of drug-likeness (QED) is 0.174. The Morgan fingerprint density at radius 2 is 1.15 bits per heavy atom. The Kier molecular flexibility index (Phi) is 33.1. The largest absolute Gasteiger partial charge is 2.00 e. The summed E-state index contributed by atoms with van der Waals surface area (Å²) >= 11 is 1.81. The molecule has 0 saturated carbocycles. The molecule has 2 heterocycles. The molecule has 0 amide bonds. The fourth-order valence-corrected chi connectivity index (χ4v) is 4.94. The number of likely N-dealkylation sites (N-methyl/N-ethyl adjacent to an activating group) is 1. The van der Waals surface area contributed by atoms with E-state index in [0.29, 0.717) is 46.2 Å². The molecule has 1 aromatic heterocycles. The van der Waals surface area contributed by atoms with Crippen molar-refractivity contribution >= 4 is 88.3 Å². The summed E-state index contributed by atoms with van der Waals surface area (Å²) in [6.07, 6.45) is 4.36. The summed E-state index contributed by atoms with van der Waals surface area (Å²) in [4.78, 5) is 2.17. The SMILES string of the molecule is CC[n+]1c(/C=C/c2ccc3c(c2)OCCOCCOCCOCCN3C)sc2ccccc21.O.O.O.[Ba+2].[O-][Cl+3]([O-])([O-])[O-].[O-][Cl+3]([O-])([O-])[O-].[O-][Cl+3]([O-])([O-])[O-]. The zero-order valence-corrected chi connectivity index (χ0v) is 35.3. The molecule has 52 heavy (non-hydrogen) atoms. The number of ether oxygens (including phenoxy) is 4. The molecule has 1 aliphatic heterocycles. The van der Waals surface area contributed by atoms with Crippen LogP contribution in [0.3, 0.4) is 0 Å². The molecule has 26 heteroatoms. The average Bonchev–Trinajstić information content (AvgIpc) is 3.31. The third-order valence-electron chi connectivity index (χ3n) is 5.57. The van der Waals surface area contributed by atoms with Crippen LogP contribution >= 0.6 is 11.3 Å². The van der Waals surface area contributed by atoms with Crippen molar-refractivity contribution < 1.29 is 127 Å². The number of fused-ring (bicyclic) bond motifs is 2. The number of para-hydroxylation sites is 1. The van der Waals surface area contributed by atoms with Crippen LogP contribution in [0.4, 0.5) is 5.69 Å². The first-order valence-electron chi connectivity index (χ1n) is 13.4. The Labute approximate surface area is 348 Å². The molecule has 0 atom stereocenters. The van der Waals surface area contributed by atoms with Crippen LogP contribution in [0.25, 0.3) is 22.4 Å².